The Hall–Kier alpha value is -2.47. The number of nitrogens with two attached hydrogens (primary N) is 2. The molecule has 0 aliphatic carbocycles. The number of nitrogen functional groups attached to an aromatic ring is 1. The number of carbonyl (C=O) groups excluding carboxylic acids is 1. The van der Waals surface area contributed by atoms with E-state index in [4.69, 9.17) is 11.5 Å². The maximum Gasteiger partial charge on any atom is 0.231 e. The number of carbonyl (C=O) groups is 1. The Balaban J connectivity index is 1.90. The summed E-state index contributed by atoms with van der Waals surface area (Å²) in [6, 6.07) is 7.46. The third kappa shape index (κ3) is 2.21. The summed E-state index contributed by atoms with van der Waals surface area (Å²) in [6.07, 6.45) is 1.99. The first-order valence-electron chi connectivity index (χ1n) is 6.37. The Labute approximate surface area is 116 Å². The average Bonchev–Trinajstić information content (AvgIpc) is 2.74. The molecule has 1 aliphatic rings. The van der Waals surface area contributed by atoms with Crippen LogP contribution in [0.4, 0.5) is 11.5 Å². The van der Waals surface area contributed by atoms with Crippen molar-refractivity contribution in [1.82, 2.24) is 9.97 Å². The Morgan fingerprint density at radius 1 is 1.30 bits per heavy atom. The Kier molecular flexibility index (Phi) is 3.08. The highest BCUT2D eigenvalue weighted by molar-refractivity contribution is 6.01. The van der Waals surface area contributed by atoms with Gasteiger partial charge in [-0.2, -0.15) is 0 Å². The molecule has 6 heteroatoms. The molecule has 0 radical (unpaired) electrons. The molecule has 0 unspecified atom stereocenters. The van der Waals surface area contributed by atoms with Crippen molar-refractivity contribution >= 4 is 17.4 Å². The van der Waals surface area contributed by atoms with E-state index in [1.807, 2.05) is 18.2 Å². The van der Waals surface area contributed by atoms with Gasteiger partial charge in [0.05, 0.1) is 13.0 Å². The lowest BCUT2D eigenvalue weighted by atomic mass is 10.1. The number of amides is 1. The van der Waals surface area contributed by atoms with Crippen LogP contribution in [-0.4, -0.2) is 15.9 Å². The van der Waals surface area contributed by atoms with Gasteiger partial charge in [0.25, 0.3) is 0 Å². The van der Waals surface area contributed by atoms with Gasteiger partial charge in [-0.3, -0.25) is 4.79 Å². The molecule has 0 saturated heterocycles. The fourth-order valence-electron chi connectivity index (χ4n) is 2.37. The van der Waals surface area contributed by atoms with E-state index in [9.17, 15) is 4.79 Å². The number of hydrogen-bond donors (Lipinski definition) is 2. The van der Waals surface area contributed by atoms with Crippen LogP contribution in [0.3, 0.4) is 0 Å². The van der Waals surface area contributed by atoms with Crippen LogP contribution >= 0.6 is 0 Å². The van der Waals surface area contributed by atoms with Crippen LogP contribution in [0.25, 0.3) is 0 Å². The van der Waals surface area contributed by atoms with Crippen molar-refractivity contribution in [2.75, 3.05) is 10.6 Å². The molecule has 102 valence electrons. The summed E-state index contributed by atoms with van der Waals surface area (Å²) in [7, 11) is 0. The molecule has 1 amide bonds. The minimum atomic E-state index is 0.0418. The van der Waals surface area contributed by atoms with E-state index < -0.39 is 0 Å². The van der Waals surface area contributed by atoms with E-state index in [1.54, 1.807) is 17.2 Å². The predicted molar refractivity (Wildman–Crippen MR) is 75.7 cm³/mol. The van der Waals surface area contributed by atoms with Crippen LogP contribution in [0.5, 0.6) is 0 Å². The molecule has 1 aliphatic heterocycles. The van der Waals surface area contributed by atoms with Crippen LogP contribution in [0.1, 0.15) is 17.0 Å². The maximum absolute atomic E-state index is 12.1. The Bertz CT molecular complexity index is 670. The fraction of sp³-hybridized carbons (Fsp3) is 0.214. The number of nitrogens with zero attached hydrogens (tertiary/aromatic N) is 3. The molecule has 1 aromatic heterocycles. The van der Waals surface area contributed by atoms with Crippen LogP contribution in [-0.2, 0) is 24.3 Å². The summed E-state index contributed by atoms with van der Waals surface area (Å²) < 4.78 is 0. The normalized spacial score (nSPS) is 13.7. The van der Waals surface area contributed by atoms with E-state index in [0.29, 0.717) is 31.2 Å². The molecule has 3 rings (SSSR count). The quantitative estimate of drug-likeness (QED) is 0.850. The van der Waals surface area contributed by atoms with Crippen LogP contribution in [0.2, 0.25) is 0 Å². The van der Waals surface area contributed by atoms with E-state index in [2.05, 4.69) is 9.97 Å². The lowest BCUT2D eigenvalue weighted by Gasteiger charge is -2.16. The number of rotatable bonds is 3. The predicted octanol–water partition coefficient (Wildman–Crippen LogP) is 0.607. The van der Waals surface area contributed by atoms with Crippen molar-refractivity contribution in [3.8, 4) is 0 Å². The van der Waals surface area contributed by atoms with Gasteiger partial charge < -0.3 is 16.4 Å². The molecule has 2 aromatic rings. The molecule has 0 spiro atoms. The summed E-state index contributed by atoms with van der Waals surface area (Å²) in [6.45, 7) is 0.804. The van der Waals surface area contributed by atoms with Crippen molar-refractivity contribution in [2.45, 2.75) is 19.5 Å². The molecule has 0 fully saturated rings. The summed E-state index contributed by atoms with van der Waals surface area (Å²) in [5.41, 5.74) is 14.2. The molecule has 2 heterocycles. The number of aromatic nitrogens is 2. The number of benzene rings is 1. The summed E-state index contributed by atoms with van der Waals surface area (Å²) in [5, 5.41) is 0. The van der Waals surface area contributed by atoms with Crippen LogP contribution in [0.15, 0.2) is 30.5 Å². The molecular formula is C14H15N5O. The Morgan fingerprint density at radius 2 is 2.15 bits per heavy atom. The summed E-state index contributed by atoms with van der Waals surface area (Å²) >= 11 is 0. The van der Waals surface area contributed by atoms with Gasteiger partial charge in [0.2, 0.25) is 5.91 Å². The molecule has 4 N–H and O–H groups in total. The molecule has 0 atom stereocenters. The first-order chi connectivity index (χ1) is 9.67. The minimum Gasteiger partial charge on any atom is -0.384 e. The first-order valence-corrected chi connectivity index (χ1v) is 6.37. The van der Waals surface area contributed by atoms with Crippen LogP contribution < -0.4 is 16.4 Å². The van der Waals surface area contributed by atoms with E-state index in [0.717, 1.165) is 16.8 Å². The lowest BCUT2D eigenvalue weighted by molar-refractivity contribution is -0.117. The van der Waals surface area contributed by atoms with E-state index in [-0.39, 0.29) is 5.91 Å². The first kappa shape index (κ1) is 12.6. The SMILES string of the molecule is NCc1ccc2c(c1)CC(=O)N2Cc1nccc(N)n1. The van der Waals surface area contributed by atoms with Crippen LogP contribution in [0, 0.1) is 0 Å². The van der Waals surface area contributed by atoms with Crippen molar-refractivity contribution in [3.05, 3.63) is 47.4 Å². The average molecular weight is 269 g/mol. The van der Waals surface area contributed by atoms with E-state index in [1.165, 1.54) is 0 Å². The zero-order valence-corrected chi connectivity index (χ0v) is 10.9. The van der Waals surface area contributed by atoms with Gasteiger partial charge in [-0.05, 0) is 23.3 Å². The van der Waals surface area contributed by atoms with Crippen molar-refractivity contribution < 1.29 is 4.79 Å². The second-order valence-corrected chi connectivity index (χ2v) is 4.72. The number of fused-ring (bicyclic) bond motifs is 1. The zero-order chi connectivity index (χ0) is 14.1. The second-order valence-electron chi connectivity index (χ2n) is 4.72. The molecule has 20 heavy (non-hydrogen) atoms. The largest absolute Gasteiger partial charge is 0.384 e. The van der Waals surface area contributed by atoms with Gasteiger partial charge in [-0.15, -0.1) is 0 Å². The molecule has 0 bridgehead atoms. The highest BCUT2D eigenvalue weighted by Crippen LogP contribution is 2.30. The third-order valence-electron chi connectivity index (χ3n) is 3.34. The maximum atomic E-state index is 12.1. The highest BCUT2D eigenvalue weighted by atomic mass is 16.2. The van der Waals surface area contributed by atoms with Crippen molar-refractivity contribution in [1.29, 1.82) is 0 Å². The topological polar surface area (TPSA) is 98.1 Å². The smallest absolute Gasteiger partial charge is 0.231 e. The minimum absolute atomic E-state index is 0.0418. The summed E-state index contributed by atoms with van der Waals surface area (Å²) in [4.78, 5) is 22.1. The summed E-state index contributed by atoms with van der Waals surface area (Å²) in [5.74, 6) is 0.981. The van der Waals surface area contributed by atoms with Crippen molar-refractivity contribution in [2.24, 2.45) is 5.73 Å². The molecule has 6 nitrogen and oxygen atoms in total. The highest BCUT2D eigenvalue weighted by Gasteiger charge is 2.27. The van der Waals surface area contributed by atoms with Gasteiger partial charge in [-0.1, -0.05) is 12.1 Å². The fourth-order valence-corrected chi connectivity index (χ4v) is 2.37. The van der Waals surface area contributed by atoms with Gasteiger partial charge in [0.1, 0.15) is 11.6 Å². The van der Waals surface area contributed by atoms with Gasteiger partial charge in [-0.25, -0.2) is 9.97 Å². The molecule has 0 saturated carbocycles. The standard InChI is InChI=1S/C14H15N5O/c15-7-9-1-2-11-10(5-9)6-14(20)19(11)8-13-17-4-3-12(16)18-13/h1-5H,6-8,15H2,(H2,16,17,18). The van der Waals surface area contributed by atoms with Crippen molar-refractivity contribution in [3.63, 3.8) is 0 Å². The lowest BCUT2D eigenvalue weighted by Crippen LogP contribution is -2.27. The monoisotopic (exact) mass is 269 g/mol. The third-order valence-corrected chi connectivity index (χ3v) is 3.34. The van der Waals surface area contributed by atoms with E-state index >= 15 is 0 Å². The Morgan fingerprint density at radius 3 is 2.90 bits per heavy atom. The van der Waals surface area contributed by atoms with Gasteiger partial charge in [0.15, 0.2) is 0 Å². The van der Waals surface area contributed by atoms with Gasteiger partial charge >= 0.3 is 0 Å². The van der Waals surface area contributed by atoms with Gasteiger partial charge in [0, 0.05) is 18.4 Å². The molecular weight excluding hydrogens is 254 g/mol. The molecule has 1 aromatic carbocycles. The number of anilines is 2. The zero-order valence-electron chi connectivity index (χ0n) is 10.9. The number of hydrogen-bond acceptors (Lipinski definition) is 5. The second kappa shape index (κ2) is 4.90.